The molecule has 4 heteroatoms. The van der Waals surface area contributed by atoms with Crippen molar-refractivity contribution in [2.75, 3.05) is 0 Å². The van der Waals surface area contributed by atoms with Crippen LogP contribution < -0.4 is 0 Å². The number of hydrogen-bond acceptors (Lipinski definition) is 2. The standard InChI is InChI=1S/C18H32O4/c1-2-3-4-5-6-7-8-9-10-11-12-13-14-16(18(21)22)15-17(19)20/h13-14,16H,2-12,15H2,1H3,(H,19,20)(H,21,22)/b14-13-. The van der Waals surface area contributed by atoms with Gasteiger partial charge in [-0.25, -0.2) is 0 Å². The highest BCUT2D eigenvalue weighted by Gasteiger charge is 2.17. The highest BCUT2D eigenvalue weighted by atomic mass is 16.4. The van der Waals surface area contributed by atoms with Crippen molar-refractivity contribution in [1.29, 1.82) is 0 Å². The number of aliphatic carboxylic acids is 2. The van der Waals surface area contributed by atoms with E-state index in [1.807, 2.05) is 6.08 Å². The number of hydrogen-bond donors (Lipinski definition) is 2. The molecule has 22 heavy (non-hydrogen) atoms. The molecule has 128 valence electrons. The summed E-state index contributed by atoms with van der Waals surface area (Å²) in [5.41, 5.74) is 0. The van der Waals surface area contributed by atoms with Crippen LogP contribution in [0, 0.1) is 5.92 Å². The molecule has 0 aliphatic carbocycles. The molecule has 0 saturated carbocycles. The van der Waals surface area contributed by atoms with Gasteiger partial charge in [-0.1, -0.05) is 76.9 Å². The lowest BCUT2D eigenvalue weighted by molar-refractivity contribution is -0.146. The van der Waals surface area contributed by atoms with E-state index >= 15 is 0 Å². The molecule has 0 rings (SSSR count). The van der Waals surface area contributed by atoms with Gasteiger partial charge in [-0.2, -0.15) is 0 Å². The van der Waals surface area contributed by atoms with Gasteiger partial charge in [0.05, 0.1) is 12.3 Å². The molecule has 0 spiro atoms. The lowest BCUT2D eigenvalue weighted by atomic mass is 10.0. The predicted octanol–water partition coefficient (Wildman–Crippen LogP) is 5.03. The van der Waals surface area contributed by atoms with E-state index in [1.165, 1.54) is 57.4 Å². The molecule has 0 aromatic carbocycles. The van der Waals surface area contributed by atoms with Gasteiger partial charge in [0.15, 0.2) is 0 Å². The topological polar surface area (TPSA) is 74.6 Å². The van der Waals surface area contributed by atoms with Gasteiger partial charge < -0.3 is 10.2 Å². The maximum atomic E-state index is 10.9. The Labute approximate surface area is 134 Å². The number of rotatable bonds is 15. The minimum absolute atomic E-state index is 0.343. The molecule has 0 aliphatic rings. The number of carboxylic acids is 2. The quantitative estimate of drug-likeness (QED) is 0.328. The Morgan fingerprint density at radius 2 is 1.36 bits per heavy atom. The summed E-state index contributed by atoms with van der Waals surface area (Å²) in [4.78, 5) is 21.4. The van der Waals surface area contributed by atoms with Crippen molar-refractivity contribution in [1.82, 2.24) is 0 Å². The zero-order chi connectivity index (χ0) is 16.6. The van der Waals surface area contributed by atoms with Gasteiger partial charge >= 0.3 is 11.9 Å². The Bertz CT molecular complexity index is 323. The molecule has 0 bridgehead atoms. The molecule has 0 aromatic heterocycles. The average molecular weight is 312 g/mol. The summed E-state index contributed by atoms with van der Waals surface area (Å²) < 4.78 is 0. The van der Waals surface area contributed by atoms with E-state index in [4.69, 9.17) is 10.2 Å². The van der Waals surface area contributed by atoms with Crippen molar-refractivity contribution in [3.05, 3.63) is 12.2 Å². The van der Waals surface area contributed by atoms with Crippen LogP contribution >= 0.6 is 0 Å². The molecule has 1 atom stereocenters. The molecule has 0 fully saturated rings. The lowest BCUT2D eigenvalue weighted by Gasteiger charge is -2.03. The van der Waals surface area contributed by atoms with Gasteiger partial charge in [0, 0.05) is 0 Å². The van der Waals surface area contributed by atoms with Crippen LogP contribution in [0.1, 0.15) is 84.0 Å². The third-order valence-corrected chi connectivity index (χ3v) is 3.80. The highest BCUT2D eigenvalue weighted by Crippen LogP contribution is 2.12. The van der Waals surface area contributed by atoms with E-state index in [1.54, 1.807) is 0 Å². The third kappa shape index (κ3) is 13.7. The number of allylic oxidation sites excluding steroid dienone is 1. The van der Waals surface area contributed by atoms with Crippen LogP contribution in [-0.4, -0.2) is 22.2 Å². The van der Waals surface area contributed by atoms with Gasteiger partial charge in [0.1, 0.15) is 0 Å². The van der Waals surface area contributed by atoms with E-state index in [0.717, 1.165) is 19.3 Å². The Kier molecular flexibility index (Phi) is 13.7. The van der Waals surface area contributed by atoms with Crippen molar-refractivity contribution < 1.29 is 19.8 Å². The third-order valence-electron chi connectivity index (χ3n) is 3.80. The maximum absolute atomic E-state index is 10.9. The molecule has 0 aliphatic heterocycles. The fourth-order valence-electron chi connectivity index (χ4n) is 2.44. The number of carbonyl (C=O) groups is 2. The number of carboxylic acid groups (broad SMARTS) is 2. The summed E-state index contributed by atoms with van der Waals surface area (Å²) in [6.45, 7) is 2.23. The zero-order valence-electron chi connectivity index (χ0n) is 13.9. The van der Waals surface area contributed by atoms with Crippen LogP contribution in [-0.2, 0) is 9.59 Å². The van der Waals surface area contributed by atoms with E-state index in [2.05, 4.69) is 6.92 Å². The fraction of sp³-hybridized carbons (Fsp3) is 0.778. The summed E-state index contributed by atoms with van der Waals surface area (Å²) in [7, 11) is 0. The molecule has 0 saturated heterocycles. The van der Waals surface area contributed by atoms with Crippen molar-refractivity contribution in [2.45, 2.75) is 84.0 Å². The first-order chi connectivity index (χ1) is 10.6. The maximum Gasteiger partial charge on any atom is 0.310 e. The van der Waals surface area contributed by atoms with Crippen molar-refractivity contribution >= 4 is 11.9 Å². The Morgan fingerprint density at radius 3 is 1.82 bits per heavy atom. The fourth-order valence-corrected chi connectivity index (χ4v) is 2.44. The van der Waals surface area contributed by atoms with Crippen molar-refractivity contribution in [3.63, 3.8) is 0 Å². The summed E-state index contributed by atoms with van der Waals surface area (Å²) in [5.74, 6) is -3.04. The Morgan fingerprint density at radius 1 is 0.864 bits per heavy atom. The van der Waals surface area contributed by atoms with Crippen LogP contribution in [0.3, 0.4) is 0 Å². The molecular formula is C18H32O4. The molecule has 1 unspecified atom stereocenters. The largest absolute Gasteiger partial charge is 0.481 e. The Hall–Kier alpha value is -1.32. The minimum atomic E-state index is -1.07. The van der Waals surface area contributed by atoms with Gasteiger partial charge in [-0.15, -0.1) is 0 Å². The predicted molar refractivity (Wildman–Crippen MR) is 89.0 cm³/mol. The van der Waals surface area contributed by atoms with Crippen LogP contribution in [0.25, 0.3) is 0 Å². The van der Waals surface area contributed by atoms with E-state index in [-0.39, 0.29) is 6.42 Å². The first kappa shape index (κ1) is 20.7. The first-order valence-corrected chi connectivity index (χ1v) is 8.69. The molecule has 0 heterocycles. The van der Waals surface area contributed by atoms with Crippen molar-refractivity contribution in [3.8, 4) is 0 Å². The van der Waals surface area contributed by atoms with Crippen LogP contribution in [0.2, 0.25) is 0 Å². The van der Waals surface area contributed by atoms with Gasteiger partial charge in [-0.3, -0.25) is 9.59 Å². The smallest absolute Gasteiger partial charge is 0.310 e. The second-order valence-electron chi connectivity index (χ2n) is 5.94. The van der Waals surface area contributed by atoms with Gasteiger partial charge in [-0.05, 0) is 12.8 Å². The number of unbranched alkanes of at least 4 members (excludes halogenated alkanes) is 10. The van der Waals surface area contributed by atoms with E-state index < -0.39 is 17.9 Å². The average Bonchev–Trinajstić information content (AvgIpc) is 2.46. The van der Waals surface area contributed by atoms with Gasteiger partial charge in [0.2, 0.25) is 0 Å². The molecule has 2 N–H and O–H groups in total. The SMILES string of the molecule is CCCCCCCCCCCC/C=C\C(CC(=O)O)C(=O)O. The molecule has 0 aromatic rings. The molecule has 0 radical (unpaired) electrons. The summed E-state index contributed by atoms with van der Waals surface area (Å²) in [5, 5.41) is 17.5. The lowest BCUT2D eigenvalue weighted by Crippen LogP contribution is -2.15. The second-order valence-corrected chi connectivity index (χ2v) is 5.94. The monoisotopic (exact) mass is 312 g/mol. The van der Waals surface area contributed by atoms with Gasteiger partial charge in [0.25, 0.3) is 0 Å². The molecular weight excluding hydrogens is 280 g/mol. The minimum Gasteiger partial charge on any atom is -0.481 e. The first-order valence-electron chi connectivity index (χ1n) is 8.69. The highest BCUT2D eigenvalue weighted by molar-refractivity contribution is 5.79. The zero-order valence-corrected chi connectivity index (χ0v) is 13.9. The summed E-state index contributed by atoms with van der Waals surface area (Å²) in [6, 6.07) is 0. The Balaban J connectivity index is 3.49. The molecule has 0 amide bonds. The van der Waals surface area contributed by atoms with Crippen molar-refractivity contribution in [2.24, 2.45) is 5.92 Å². The second kappa shape index (κ2) is 14.6. The summed E-state index contributed by atoms with van der Waals surface area (Å²) in [6.07, 6.45) is 16.6. The van der Waals surface area contributed by atoms with Crippen LogP contribution in [0.4, 0.5) is 0 Å². The summed E-state index contributed by atoms with van der Waals surface area (Å²) >= 11 is 0. The van der Waals surface area contributed by atoms with Crippen LogP contribution in [0.5, 0.6) is 0 Å². The molecule has 4 nitrogen and oxygen atoms in total. The normalized spacial score (nSPS) is 12.6. The van der Waals surface area contributed by atoms with Crippen LogP contribution in [0.15, 0.2) is 12.2 Å². The van der Waals surface area contributed by atoms with E-state index in [9.17, 15) is 9.59 Å². The van der Waals surface area contributed by atoms with E-state index in [0.29, 0.717) is 0 Å².